The predicted octanol–water partition coefficient (Wildman–Crippen LogP) is 2.33. The third-order valence-electron chi connectivity index (χ3n) is 3.13. The van der Waals surface area contributed by atoms with Crippen LogP contribution < -0.4 is 10.1 Å². The number of rotatable bonds is 3. The van der Waals surface area contributed by atoms with E-state index in [1.807, 2.05) is 7.05 Å². The van der Waals surface area contributed by atoms with Crippen LogP contribution in [-0.2, 0) is 6.42 Å². The van der Waals surface area contributed by atoms with E-state index in [1.165, 1.54) is 11.1 Å². The van der Waals surface area contributed by atoms with E-state index in [0.29, 0.717) is 12.0 Å². The van der Waals surface area contributed by atoms with Gasteiger partial charge in [0.05, 0.1) is 6.61 Å². The molecule has 1 N–H and O–H groups in total. The van der Waals surface area contributed by atoms with Crippen molar-refractivity contribution in [1.29, 1.82) is 0 Å². The van der Waals surface area contributed by atoms with Crippen molar-refractivity contribution in [2.75, 3.05) is 13.7 Å². The van der Waals surface area contributed by atoms with Crippen molar-refractivity contribution < 1.29 is 4.74 Å². The molecule has 15 heavy (non-hydrogen) atoms. The lowest BCUT2D eigenvalue weighted by Crippen LogP contribution is -2.23. The van der Waals surface area contributed by atoms with Gasteiger partial charge in [0, 0.05) is 17.5 Å². The summed E-state index contributed by atoms with van der Waals surface area (Å²) in [6.07, 6.45) is 1.06. The molecule has 1 aromatic rings. The lowest BCUT2D eigenvalue weighted by atomic mass is 9.99. The molecule has 0 amide bonds. The van der Waals surface area contributed by atoms with E-state index in [2.05, 4.69) is 37.4 Å². The fraction of sp³-hybridized carbons (Fsp3) is 0.538. The van der Waals surface area contributed by atoms with Crippen molar-refractivity contribution in [3.63, 3.8) is 0 Å². The van der Waals surface area contributed by atoms with Crippen LogP contribution in [0, 0.1) is 0 Å². The van der Waals surface area contributed by atoms with Gasteiger partial charge in [0.2, 0.25) is 0 Å². The lowest BCUT2D eigenvalue weighted by molar-refractivity contribution is 0.337. The SMILES string of the molecule is CNC(C)Cc1ccc2c(c1)OCC2C. The maximum atomic E-state index is 5.65. The Morgan fingerprint density at radius 2 is 2.33 bits per heavy atom. The van der Waals surface area contributed by atoms with Crippen molar-refractivity contribution in [3.8, 4) is 5.75 Å². The zero-order valence-corrected chi connectivity index (χ0v) is 9.71. The summed E-state index contributed by atoms with van der Waals surface area (Å²) in [6, 6.07) is 7.14. The second-order valence-corrected chi connectivity index (χ2v) is 4.48. The summed E-state index contributed by atoms with van der Waals surface area (Å²) in [5.74, 6) is 1.64. The maximum absolute atomic E-state index is 5.65. The fourth-order valence-electron chi connectivity index (χ4n) is 2.00. The van der Waals surface area contributed by atoms with E-state index >= 15 is 0 Å². The normalized spacial score (nSPS) is 20.9. The zero-order chi connectivity index (χ0) is 10.8. The molecule has 2 atom stereocenters. The molecule has 2 rings (SSSR count). The van der Waals surface area contributed by atoms with Gasteiger partial charge in [0.15, 0.2) is 0 Å². The summed E-state index contributed by atoms with van der Waals surface area (Å²) < 4.78 is 5.65. The Morgan fingerprint density at radius 3 is 3.07 bits per heavy atom. The highest BCUT2D eigenvalue weighted by Crippen LogP contribution is 2.34. The molecule has 1 aliphatic rings. The Kier molecular flexibility index (Phi) is 2.96. The van der Waals surface area contributed by atoms with Gasteiger partial charge in [-0.3, -0.25) is 0 Å². The van der Waals surface area contributed by atoms with Crippen molar-refractivity contribution in [2.24, 2.45) is 0 Å². The number of benzene rings is 1. The average molecular weight is 205 g/mol. The molecule has 0 bridgehead atoms. The number of likely N-dealkylation sites (N-methyl/N-ethyl adjacent to an activating group) is 1. The molecule has 2 nitrogen and oxygen atoms in total. The number of hydrogen-bond acceptors (Lipinski definition) is 2. The number of fused-ring (bicyclic) bond motifs is 1. The lowest BCUT2D eigenvalue weighted by Gasteiger charge is -2.11. The summed E-state index contributed by atoms with van der Waals surface area (Å²) in [5, 5.41) is 3.25. The third kappa shape index (κ3) is 2.15. The molecule has 0 saturated heterocycles. The van der Waals surface area contributed by atoms with Crippen LogP contribution >= 0.6 is 0 Å². The van der Waals surface area contributed by atoms with E-state index in [9.17, 15) is 0 Å². The first-order chi connectivity index (χ1) is 7.20. The maximum Gasteiger partial charge on any atom is 0.123 e. The Bertz CT molecular complexity index is 348. The van der Waals surface area contributed by atoms with Crippen LogP contribution in [0.25, 0.3) is 0 Å². The fourth-order valence-corrected chi connectivity index (χ4v) is 2.00. The Balaban J connectivity index is 2.16. The van der Waals surface area contributed by atoms with Crippen molar-refractivity contribution in [1.82, 2.24) is 5.32 Å². The van der Waals surface area contributed by atoms with Gasteiger partial charge in [-0.1, -0.05) is 19.1 Å². The molecule has 0 spiro atoms. The van der Waals surface area contributed by atoms with Gasteiger partial charge in [-0.05, 0) is 32.0 Å². The minimum atomic E-state index is 0.516. The van der Waals surface area contributed by atoms with Gasteiger partial charge in [-0.15, -0.1) is 0 Å². The zero-order valence-electron chi connectivity index (χ0n) is 9.71. The molecule has 82 valence electrons. The largest absolute Gasteiger partial charge is 0.493 e. The van der Waals surface area contributed by atoms with Crippen LogP contribution in [0.2, 0.25) is 0 Å². The van der Waals surface area contributed by atoms with E-state index < -0.39 is 0 Å². The van der Waals surface area contributed by atoms with Crippen molar-refractivity contribution in [2.45, 2.75) is 32.2 Å². The molecule has 2 heteroatoms. The van der Waals surface area contributed by atoms with Crippen LogP contribution in [0.1, 0.15) is 30.9 Å². The Hall–Kier alpha value is -1.02. The van der Waals surface area contributed by atoms with E-state index in [1.54, 1.807) is 0 Å². The van der Waals surface area contributed by atoms with Gasteiger partial charge in [0.1, 0.15) is 5.75 Å². The highest BCUT2D eigenvalue weighted by Gasteiger charge is 2.19. The first kappa shape index (κ1) is 10.5. The molecule has 1 heterocycles. The van der Waals surface area contributed by atoms with E-state index in [4.69, 9.17) is 4.74 Å². The quantitative estimate of drug-likeness (QED) is 0.817. The number of ether oxygens (including phenoxy) is 1. The van der Waals surface area contributed by atoms with E-state index in [0.717, 1.165) is 18.8 Å². The van der Waals surface area contributed by atoms with Crippen molar-refractivity contribution in [3.05, 3.63) is 29.3 Å². The monoisotopic (exact) mass is 205 g/mol. The first-order valence-corrected chi connectivity index (χ1v) is 5.63. The first-order valence-electron chi connectivity index (χ1n) is 5.63. The summed E-state index contributed by atoms with van der Waals surface area (Å²) in [7, 11) is 2.00. The standard InChI is InChI=1S/C13H19NO/c1-9-8-15-13-7-11(4-5-12(9)13)6-10(2)14-3/h4-5,7,9-10,14H,6,8H2,1-3H3. The molecular formula is C13H19NO. The highest BCUT2D eigenvalue weighted by molar-refractivity contribution is 5.42. The Morgan fingerprint density at radius 1 is 1.53 bits per heavy atom. The minimum Gasteiger partial charge on any atom is -0.493 e. The predicted molar refractivity (Wildman–Crippen MR) is 62.6 cm³/mol. The molecule has 0 aliphatic carbocycles. The average Bonchev–Trinajstić information content (AvgIpc) is 2.60. The van der Waals surface area contributed by atoms with Crippen LogP contribution in [0.5, 0.6) is 5.75 Å². The minimum absolute atomic E-state index is 0.516. The summed E-state index contributed by atoms with van der Waals surface area (Å²) >= 11 is 0. The molecule has 0 fully saturated rings. The molecular weight excluding hydrogens is 186 g/mol. The van der Waals surface area contributed by atoms with Gasteiger partial charge < -0.3 is 10.1 Å². The van der Waals surface area contributed by atoms with Crippen LogP contribution in [0.15, 0.2) is 18.2 Å². The number of hydrogen-bond donors (Lipinski definition) is 1. The molecule has 1 aromatic carbocycles. The summed E-state index contributed by atoms with van der Waals surface area (Å²) in [4.78, 5) is 0. The van der Waals surface area contributed by atoms with E-state index in [-0.39, 0.29) is 0 Å². The second-order valence-electron chi connectivity index (χ2n) is 4.48. The molecule has 0 aromatic heterocycles. The third-order valence-corrected chi connectivity index (χ3v) is 3.13. The van der Waals surface area contributed by atoms with Gasteiger partial charge >= 0.3 is 0 Å². The van der Waals surface area contributed by atoms with Crippen LogP contribution in [0.4, 0.5) is 0 Å². The smallest absolute Gasteiger partial charge is 0.123 e. The number of nitrogens with one attached hydrogen (secondary N) is 1. The van der Waals surface area contributed by atoms with Gasteiger partial charge in [-0.2, -0.15) is 0 Å². The molecule has 0 radical (unpaired) electrons. The second kappa shape index (κ2) is 4.23. The Labute approximate surface area is 91.6 Å². The molecule has 0 saturated carbocycles. The topological polar surface area (TPSA) is 21.3 Å². The molecule has 2 unspecified atom stereocenters. The summed E-state index contributed by atoms with van der Waals surface area (Å²) in [6.45, 7) is 5.23. The van der Waals surface area contributed by atoms with Gasteiger partial charge in [-0.25, -0.2) is 0 Å². The van der Waals surface area contributed by atoms with Gasteiger partial charge in [0.25, 0.3) is 0 Å². The highest BCUT2D eigenvalue weighted by atomic mass is 16.5. The van der Waals surface area contributed by atoms with Crippen molar-refractivity contribution >= 4 is 0 Å². The molecule has 1 aliphatic heterocycles. The van der Waals surface area contributed by atoms with Crippen LogP contribution in [-0.4, -0.2) is 19.7 Å². The van der Waals surface area contributed by atoms with Crippen LogP contribution in [0.3, 0.4) is 0 Å². The summed E-state index contributed by atoms with van der Waals surface area (Å²) in [5.41, 5.74) is 2.71.